The van der Waals surface area contributed by atoms with Gasteiger partial charge >= 0.3 is 0 Å². The van der Waals surface area contributed by atoms with Crippen LogP contribution in [0.1, 0.15) is 6.42 Å². The molecule has 2 atom stereocenters. The van der Waals surface area contributed by atoms with Gasteiger partial charge in [-0.3, -0.25) is 0 Å². The smallest absolute Gasteiger partial charge is 0.226 e. The number of rotatable bonds is 1. The van der Waals surface area contributed by atoms with E-state index in [4.69, 9.17) is 19.4 Å². The van der Waals surface area contributed by atoms with E-state index >= 15 is 0 Å². The summed E-state index contributed by atoms with van der Waals surface area (Å²) in [6, 6.07) is 0. The minimum atomic E-state index is -0.822. The number of aliphatic hydroxyl groups is 1. The Hall–Kier alpha value is 0.270. The average molecular weight is 164 g/mol. The maximum Gasteiger partial charge on any atom is 0.226 e. The number of ether oxygens (including phenoxy) is 1. The molecule has 3 fully saturated rings. The van der Waals surface area contributed by atoms with Gasteiger partial charge < -0.3 is 9.84 Å². The summed E-state index contributed by atoms with van der Waals surface area (Å²) >= 11 is 0. The van der Waals surface area contributed by atoms with Crippen LogP contribution in [0, 0.1) is 0 Å². The van der Waals surface area contributed by atoms with Crippen LogP contribution < -0.4 is 0 Å². The van der Waals surface area contributed by atoms with E-state index in [1.54, 1.807) is 0 Å². The van der Waals surface area contributed by atoms with Gasteiger partial charge in [0.05, 0.1) is 14.5 Å². The summed E-state index contributed by atoms with van der Waals surface area (Å²) in [5, 5.41) is 8.84. The third-order valence-corrected chi connectivity index (χ3v) is 3.17. The van der Waals surface area contributed by atoms with Gasteiger partial charge in [-0.25, -0.2) is 4.67 Å². The van der Waals surface area contributed by atoms with Gasteiger partial charge in [-0.1, -0.05) is 0 Å². The number of fused-ring (bicyclic) bond motifs is 3. The third-order valence-electron chi connectivity index (χ3n) is 1.75. The van der Waals surface area contributed by atoms with Crippen LogP contribution >= 0.6 is 8.15 Å². The molecule has 0 aromatic rings. The summed E-state index contributed by atoms with van der Waals surface area (Å²) in [4.78, 5) is 4.87. The van der Waals surface area contributed by atoms with E-state index in [1.165, 1.54) is 0 Å². The standard InChI is InChI=1S/C5H9O4P/c6-3-5-1-2-10(4-7-5)9-8-5/h6H,1-4H2. The van der Waals surface area contributed by atoms with Gasteiger partial charge in [-0.15, -0.1) is 0 Å². The molecule has 0 aliphatic carbocycles. The molecule has 3 saturated heterocycles. The van der Waals surface area contributed by atoms with E-state index in [1.807, 2.05) is 0 Å². The van der Waals surface area contributed by atoms with Crippen LogP contribution in [0.5, 0.6) is 0 Å². The number of hydrogen-bond donors (Lipinski definition) is 1. The lowest BCUT2D eigenvalue weighted by molar-refractivity contribution is -0.408. The molecule has 3 heterocycles. The van der Waals surface area contributed by atoms with Gasteiger partial charge in [-0.2, -0.15) is 4.89 Å². The first kappa shape index (κ1) is 6.95. The summed E-state index contributed by atoms with van der Waals surface area (Å²) in [6.45, 7) is -0.115. The molecule has 2 bridgehead atoms. The topological polar surface area (TPSA) is 47.9 Å². The van der Waals surface area contributed by atoms with E-state index in [0.717, 1.165) is 12.6 Å². The van der Waals surface area contributed by atoms with E-state index in [0.29, 0.717) is 6.35 Å². The highest BCUT2D eigenvalue weighted by molar-refractivity contribution is 7.52. The van der Waals surface area contributed by atoms with Crippen molar-refractivity contribution in [1.82, 2.24) is 0 Å². The molecule has 0 amide bonds. The fraction of sp³-hybridized carbons (Fsp3) is 1.00. The fourth-order valence-electron chi connectivity index (χ4n) is 1.02. The highest BCUT2D eigenvalue weighted by Gasteiger charge is 2.44. The first-order chi connectivity index (χ1) is 4.85. The molecule has 1 N–H and O–H groups in total. The lowest BCUT2D eigenvalue weighted by Crippen LogP contribution is -2.47. The molecule has 5 heteroatoms. The Bertz CT molecular complexity index is 118. The molecule has 3 aliphatic heterocycles. The minimum absolute atomic E-state index is 0.115. The van der Waals surface area contributed by atoms with E-state index in [9.17, 15) is 0 Å². The monoisotopic (exact) mass is 164 g/mol. The lowest BCUT2D eigenvalue weighted by Gasteiger charge is -2.42. The zero-order chi connectivity index (χ0) is 7.03. The first-order valence-electron chi connectivity index (χ1n) is 3.20. The lowest BCUT2D eigenvalue weighted by atomic mass is 10.2. The van der Waals surface area contributed by atoms with Crippen molar-refractivity contribution < 1.29 is 19.4 Å². The Labute approximate surface area is 59.8 Å². The molecular weight excluding hydrogens is 155 g/mol. The maximum absolute atomic E-state index is 8.84. The van der Waals surface area contributed by atoms with Gasteiger partial charge in [0.1, 0.15) is 6.61 Å². The maximum atomic E-state index is 8.84. The van der Waals surface area contributed by atoms with E-state index in [-0.39, 0.29) is 6.61 Å². The van der Waals surface area contributed by atoms with Crippen LogP contribution in [0.2, 0.25) is 0 Å². The number of hydrogen-bond acceptors (Lipinski definition) is 4. The molecule has 2 unspecified atom stereocenters. The van der Waals surface area contributed by atoms with Crippen LogP contribution in [-0.2, 0) is 14.3 Å². The normalized spacial score (nSPS) is 45.9. The average Bonchev–Trinajstić information content (AvgIpc) is 2.08. The molecule has 3 aliphatic rings. The van der Waals surface area contributed by atoms with Crippen molar-refractivity contribution in [1.29, 1.82) is 0 Å². The highest BCUT2D eigenvalue weighted by Crippen LogP contribution is 2.51. The van der Waals surface area contributed by atoms with E-state index in [2.05, 4.69) is 0 Å². The highest BCUT2D eigenvalue weighted by atomic mass is 31.1. The quantitative estimate of drug-likeness (QED) is 0.450. The van der Waals surface area contributed by atoms with Crippen molar-refractivity contribution in [3.63, 3.8) is 0 Å². The van der Waals surface area contributed by atoms with Crippen molar-refractivity contribution in [2.75, 3.05) is 19.1 Å². The van der Waals surface area contributed by atoms with Gasteiger partial charge in [0.25, 0.3) is 0 Å². The molecule has 0 aromatic carbocycles. The van der Waals surface area contributed by atoms with Crippen LogP contribution in [0.4, 0.5) is 0 Å². The summed E-state index contributed by atoms with van der Waals surface area (Å²) in [5.74, 6) is -0.822. The van der Waals surface area contributed by atoms with E-state index < -0.39 is 13.9 Å². The molecule has 58 valence electrons. The molecule has 10 heavy (non-hydrogen) atoms. The largest absolute Gasteiger partial charge is 0.391 e. The second kappa shape index (κ2) is 2.40. The van der Waals surface area contributed by atoms with Gasteiger partial charge in [0.2, 0.25) is 5.79 Å². The van der Waals surface area contributed by atoms with Crippen LogP contribution in [0.3, 0.4) is 0 Å². The Morgan fingerprint density at radius 2 is 2.50 bits per heavy atom. The van der Waals surface area contributed by atoms with Crippen LogP contribution in [0.25, 0.3) is 0 Å². The van der Waals surface area contributed by atoms with Crippen molar-refractivity contribution in [2.24, 2.45) is 0 Å². The van der Waals surface area contributed by atoms with Crippen LogP contribution in [-0.4, -0.2) is 30.0 Å². The molecule has 0 aromatic heterocycles. The van der Waals surface area contributed by atoms with Crippen molar-refractivity contribution >= 4 is 8.15 Å². The molecule has 0 radical (unpaired) electrons. The summed E-state index contributed by atoms with van der Waals surface area (Å²) in [5.41, 5.74) is 0. The van der Waals surface area contributed by atoms with Gasteiger partial charge in [-0.05, 0) is 0 Å². The minimum Gasteiger partial charge on any atom is -0.391 e. The Kier molecular flexibility index (Phi) is 1.66. The predicted molar refractivity (Wildman–Crippen MR) is 34.3 cm³/mol. The van der Waals surface area contributed by atoms with Crippen molar-refractivity contribution in [3.8, 4) is 0 Å². The zero-order valence-corrected chi connectivity index (χ0v) is 6.34. The fourth-order valence-corrected chi connectivity index (χ4v) is 2.47. The first-order valence-corrected chi connectivity index (χ1v) is 4.83. The summed E-state index contributed by atoms with van der Waals surface area (Å²) in [7, 11) is -0.497. The molecule has 0 spiro atoms. The Morgan fingerprint density at radius 1 is 1.60 bits per heavy atom. The second-order valence-corrected chi connectivity index (χ2v) is 4.27. The molecule has 3 rings (SSSR count). The van der Waals surface area contributed by atoms with Crippen molar-refractivity contribution in [3.05, 3.63) is 0 Å². The SMILES string of the molecule is OCC12CCP(CO1)OO2. The zero-order valence-electron chi connectivity index (χ0n) is 5.45. The number of aliphatic hydroxyl groups excluding tert-OH is 1. The molecule has 0 saturated carbocycles. The van der Waals surface area contributed by atoms with Crippen molar-refractivity contribution in [2.45, 2.75) is 12.2 Å². The summed E-state index contributed by atoms with van der Waals surface area (Å²) < 4.78 is 10.2. The Morgan fingerprint density at radius 3 is 2.80 bits per heavy atom. The van der Waals surface area contributed by atoms with Gasteiger partial charge in [0, 0.05) is 12.6 Å². The van der Waals surface area contributed by atoms with Crippen LogP contribution in [0.15, 0.2) is 0 Å². The molecular formula is C5H9O4P. The third kappa shape index (κ3) is 0.966. The van der Waals surface area contributed by atoms with Gasteiger partial charge in [0.15, 0.2) is 0 Å². The molecule has 4 nitrogen and oxygen atoms in total. The summed E-state index contributed by atoms with van der Waals surface area (Å²) in [6.07, 6.45) is 2.35. The second-order valence-electron chi connectivity index (χ2n) is 2.46. The Balaban J connectivity index is 2.08. The predicted octanol–water partition coefficient (Wildman–Crippen LogP) is 0.411.